The minimum atomic E-state index is -1.67. The topological polar surface area (TPSA) is 234 Å². The quantitative estimate of drug-likeness (QED) is 0.0262. The lowest BCUT2D eigenvalue weighted by Gasteiger charge is -2.24. The molecule has 0 saturated carbocycles. The third kappa shape index (κ3) is 12.6. The summed E-state index contributed by atoms with van der Waals surface area (Å²) in [6.07, 6.45) is 2.86. The van der Waals surface area contributed by atoms with Crippen LogP contribution in [-0.2, 0) is 23.8 Å². The van der Waals surface area contributed by atoms with Gasteiger partial charge in [-0.1, -0.05) is 41.5 Å². The second kappa shape index (κ2) is 20.1. The first-order valence-corrected chi connectivity index (χ1v) is 19.0. The van der Waals surface area contributed by atoms with Crippen molar-refractivity contribution in [1.29, 1.82) is 0 Å². The lowest BCUT2D eigenvalue weighted by atomic mass is 9.92. The summed E-state index contributed by atoms with van der Waals surface area (Å²) in [7, 11) is 1.39. The molecule has 0 bridgehead atoms. The highest BCUT2D eigenvalue weighted by atomic mass is 19.1. The Bertz CT molecular complexity index is 2120. The molecule has 18 nitrogen and oxygen atoms in total. The van der Waals surface area contributed by atoms with Gasteiger partial charge in [-0.3, -0.25) is 9.59 Å². The van der Waals surface area contributed by atoms with Crippen LogP contribution in [0.1, 0.15) is 84.8 Å². The van der Waals surface area contributed by atoms with E-state index in [1.54, 1.807) is 30.3 Å². The van der Waals surface area contributed by atoms with Gasteiger partial charge in [-0.2, -0.15) is 9.98 Å². The van der Waals surface area contributed by atoms with Gasteiger partial charge in [0.15, 0.2) is 22.8 Å². The fraction of sp³-hybridized carbons (Fsp3) is 0.463. The van der Waals surface area contributed by atoms with Crippen molar-refractivity contribution in [3.63, 3.8) is 0 Å². The van der Waals surface area contributed by atoms with Crippen molar-refractivity contribution in [2.45, 2.75) is 67.9 Å². The van der Waals surface area contributed by atoms with Crippen LogP contribution in [0.25, 0.3) is 5.95 Å². The molecule has 4 N–H and O–H groups in total. The highest BCUT2D eigenvalue weighted by Crippen LogP contribution is 2.36. The summed E-state index contributed by atoms with van der Waals surface area (Å²) in [6, 6.07) is 9.22. The Morgan fingerprint density at radius 2 is 1.62 bits per heavy atom. The number of halogens is 1. The lowest BCUT2D eigenvalue weighted by molar-refractivity contribution is -0.175. The number of hydrogen-bond acceptors (Lipinski definition) is 15. The van der Waals surface area contributed by atoms with Crippen molar-refractivity contribution in [3.8, 4) is 23.5 Å². The highest BCUT2D eigenvalue weighted by molar-refractivity contribution is 6.03. The van der Waals surface area contributed by atoms with Crippen molar-refractivity contribution >= 4 is 29.6 Å². The van der Waals surface area contributed by atoms with Crippen molar-refractivity contribution < 1.29 is 52.3 Å². The molecule has 0 spiro atoms. The number of amidine groups is 1. The lowest BCUT2D eigenvalue weighted by Crippen LogP contribution is -2.38. The van der Waals surface area contributed by atoms with Crippen LogP contribution in [0.3, 0.4) is 0 Å². The Balaban J connectivity index is 1.71. The van der Waals surface area contributed by atoms with Crippen LogP contribution in [0.5, 0.6) is 17.5 Å². The van der Waals surface area contributed by atoms with E-state index >= 15 is 4.39 Å². The van der Waals surface area contributed by atoms with Crippen LogP contribution in [-0.4, -0.2) is 94.0 Å². The van der Waals surface area contributed by atoms with Crippen molar-refractivity contribution in [3.05, 3.63) is 77.6 Å². The van der Waals surface area contributed by atoms with Gasteiger partial charge < -0.3 is 44.6 Å². The van der Waals surface area contributed by atoms with E-state index in [9.17, 15) is 19.5 Å². The molecule has 4 aromatic rings. The zero-order chi connectivity index (χ0) is 44.3. The predicted molar refractivity (Wildman–Crippen MR) is 216 cm³/mol. The first kappa shape index (κ1) is 46.3. The number of aliphatic imine (C=N–C) groups is 1. The van der Waals surface area contributed by atoms with E-state index in [0.717, 1.165) is 11.1 Å². The van der Waals surface area contributed by atoms with E-state index in [4.69, 9.17) is 34.2 Å². The van der Waals surface area contributed by atoms with E-state index in [2.05, 4.69) is 30.4 Å². The van der Waals surface area contributed by atoms with Gasteiger partial charge in [-0.25, -0.2) is 19.2 Å². The third-order valence-electron chi connectivity index (χ3n) is 8.81. The summed E-state index contributed by atoms with van der Waals surface area (Å²) in [5.41, 5.74) is 4.67. The number of nitrogens with zero attached hydrogens (tertiary/aromatic N) is 6. The number of aliphatic hydroxyl groups excluding tert-OH is 1. The van der Waals surface area contributed by atoms with Crippen LogP contribution in [0.2, 0.25) is 0 Å². The second-order valence-electron chi connectivity index (χ2n) is 16.0. The average molecular weight is 837 g/mol. The summed E-state index contributed by atoms with van der Waals surface area (Å²) in [6.45, 7) is 13.2. The smallest absolute Gasteiger partial charge is 0.435 e. The van der Waals surface area contributed by atoms with Gasteiger partial charge in [0.2, 0.25) is 6.79 Å². The normalized spacial score (nSPS) is 12.6. The zero-order valence-corrected chi connectivity index (χ0v) is 35.3. The Hall–Kier alpha value is -6.37. The number of amides is 1. The maximum Gasteiger partial charge on any atom is 0.435 e. The molecule has 2 heterocycles. The molecule has 60 heavy (non-hydrogen) atoms. The van der Waals surface area contributed by atoms with Gasteiger partial charge in [0, 0.05) is 35.3 Å². The first-order valence-electron chi connectivity index (χ1n) is 19.0. The summed E-state index contributed by atoms with van der Waals surface area (Å²) >= 11 is 0. The molecule has 0 fully saturated rings. The zero-order valence-electron chi connectivity index (χ0n) is 35.3. The number of aromatic nitrogens is 5. The molecule has 0 aliphatic carbocycles. The van der Waals surface area contributed by atoms with E-state index in [1.807, 2.05) is 41.5 Å². The molecule has 0 unspecified atom stereocenters. The van der Waals surface area contributed by atoms with Crippen LogP contribution in [0, 0.1) is 22.1 Å². The molecule has 0 saturated heterocycles. The number of methoxy groups -OCH3 is 1. The molecule has 2 aromatic carbocycles. The molecule has 1 atom stereocenters. The number of hydrogen-bond donors (Lipinski definition) is 3. The van der Waals surface area contributed by atoms with Gasteiger partial charge in [-0.05, 0) is 67.5 Å². The Morgan fingerprint density at radius 3 is 2.23 bits per heavy atom. The number of ether oxygens (including phenoxy) is 6. The number of aliphatic hydroxyl groups is 1. The second-order valence-corrected chi connectivity index (χ2v) is 16.0. The van der Waals surface area contributed by atoms with E-state index < -0.39 is 42.1 Å². The number of benzene rings is 2. The fourth-order valence-corrected chi connectivity index (χ4v) is 4.84. The SMILES string of the molecule is CCC(C)(C)COC(=O)/N=C(\N)c1ccc(N[C@@H](c2nc(OCOC(=O)C(C)(C)C(=O)OCC(C)(C)C)n(-c3ncccn3)n2)c2cc(OC)cc(OCCO)c2F)cc1. The molecule has 1 amide bonds. The predicted octanol–water partition coefficient (Wildman–Crippen LogP) is 5.55. The average Bonchev–Trinajstić information content (AvgIpc) is 3.64. The summed E-state index contributed by atoms with van der Waals surface area (Å²) < 4.78 is 50.3. The summed E-state index contributed by atoms with van der Waals surface area (Å²) in [5, 5.41) is 17.2. The minimum absolute atomic E-state index is 0.00334. The van der Waals surface area contributed by atoms with Gasteiger partial charge in [0.25, 0.3) is 5.95 Å². The molecule has 0 aliphatic heterocycles. The van der Waals surface area contributed by atoms with E-state index in [0.29, 0.717) is 11.3 Å². The largest absolute Gasteiger partial charge is 0.497 e. The van der Waals surface area contributed by atoms with Gasteiger partial charge in [0.1, 0.15) is 24.2 Å². The van der Waals surface area contributed by atoms with Gasteiger partial charge in [-0.15, -0.1) is 9.78 Å². The first-order chi connectivity index (χ1) is 28.3. The number of carbonyl (C=O) groups excluding carboxylic acids is 3. The number of nitrogens with one attached hydrogen (secondary N) is 1. The maximum absolute atomic E-state index is 16.4. The standard InChI is InChI=1S/C41H53FN8O10/c1-10-40(5,6)23-58-38(54)47-32(43)25-12-14-26(15-13-25)46-31(28-20-27(55-9)21-29(30(28)42)56-19-18-51)33-48-37(50(49-33)36-44-16-11-17-45-36)60-24-59-35(53)41(7,8)34(52)57-22-39(2,3)4/h11-17,20-21,31,46,51H,10,18-19,22-24H2,1-9H3,(H2,43,47,54)/t31-/m1/s1. The highest BCUT2D eigenvalue weighted by Gasteiger charge is 2.40. The Kier molecular flexibility index (Phi) is 15.5. The molecule has 0 aliphatic rings. The van der Waals surface area contributed by atoms with E-state index in [-0.39, 0.29) is 77.9 Å². The molecule has 2 aromatic heterocycles. The van der Waals surface area contributed by atoms with Gasteiger partial charge in [0.05, 0.1) is 26.9 Å². The Morgan fingerprint density at radius 1 is 0.950 bits per heavy atom. The fourth-order valence-electron chi connectivity index (χ4n) is 4.84. The van der Waals surface area contributed by atoms with Crippen LogP contribution >= 0.6 is 0 Å². The van der Waals surface area contributed by atoms with Crippen LogP contribution in [0.15, 0.2) is 59.9 Å². The number of esters is 2. The number of rotatable bonds is 19. The van der Waals surface area contributed by atoms with Gasteiger partial charge >= 0.3 is 24.0 Å². The van der Waals surface area contributed by atoms with Crippen LogP contribution in [0.4, 0.5) is 14.9 Å². The van der Waals surface area contributed by atoms with Crippen LogP contribution < -0.4 is 25.3 Å². The molecule has 324 valence electrons. The third-order valence-corrected chi connectivity index (χ3v) is 8.81. The molecular formula is C41H53FN8O10. The number of nitrogens with two attached hydrogens (primary N) is 1. The van der Waals surface area contributed by atoms with Crippen molar-refractivity contribution in [1.82, 2.24) is 24.7 Å². The summed E-state index contributed by atoms with van der Waals surface area (Å²) in [5.74, 6) is -2.73. The monoisotopic (exact) mass is 836 g/mol. The Labute approximate surface area is 347 Å². The maximum atomic E-state index is 16.4. The van der Waals surface area contributed by atoms with E-state index in [1.165, 1.54) is 45.5 Å². The number of anilines is 1. The van der Waals surface area contributed by atoms with Crippen molar-refractivity contribution in [2.75, 3.05) is 45.6 Å². The number of carbonyl (C=O) groups is 3. The minimum Gasteiger partial charge on any atom is -0.497 e. The molecule has 19 heteroatoms. The summed E-state index contributed by atoms with van der Waals surface area (Å²) in [4.78, 5) is 55.2. The van der Waals surface area contributed by atoms with Crippen molar-refractivity contribution in [2.24, 2.45) is 27.0 Å². The molecular weight excluding hydrogens is 783 g/mol. The molecule has 0 radical (unpaired) electrons. The molecule has 4 rings (SSSR count).